The number of likely N-dealkylation sites (tertiary alicyclic amines) is 1. The number of aromatic nitrogens is 2. The molecule has 5 rings (SSSR count). The first kappa shape index (κ1) is 28.6. The average molecular weight is 563 g/mol. The molecule has 4 heterocycles. The van der Waals surface area contributed by atoms with Gasteiger partial charge >= 0.3 is 0 Å². The highest BCUT2D eigenvalue weighted by Crippen LogP contribution is 2.25. The standard InChI is InChI=1S/C30H38N6O5/c1-2-29(38)36-11-7-24(8-12-36)34-28-14-22(5-9-32-28)30(39)33-15-25(37)18-35-10-6-21-13-26(4-3-23(21)17-35)40-19-27-16-31-20-41-27/h3-5,9,13-14,16,20,24-25,37H,2,6-8,10-12,15,17-19H2,1H3,(H,32,34)(H,33,39)/t25-/m0/s1. The van der Waals surface area contributed by atoms with Crippen molar-refractivity contribution in [2.75, 3.05) is 38.0 Å². The molecule has 3 aromatic rings. The number of benzene rings is 1. The Hall–Kier alpha value is -3.96. The van der Waals surface area contributed by atoms with Crippen molar-refractivity contribution in [3.05, 3.63) is 71.6 Å². The quantitative estimate of drug-likeness (QED) is 0.323. The molecule has 1 saturated heterocycles. The maximum absolute atomic E-state index is 12.8. The fraction of sp³-hybridized carbons (Fsp3) is 0.467. The zero-order chi connectivity index (χ0) is 28.6. The SMILES string of the molecule is CCC(=O)N1CCC(Nc2cc(C(=O)NC[C@H](O)CN3CCc4cc(OCc5cnco5)ccc4C3)ccn2)CC1. The fourth-order valence-corrected chi connectivity index (χ4v) is 5.33. The molecule has 0 aliphatic carbocycles. The van der Waals surface area contributed by atoms with Crippen molar-refractivity contribution in [3.63, 3.8) is 0 Å². The number of carbonyl (C=O) groups is 2. The molecule has 41 heavy (non-hydrogen) atoms. The van der Waals surface area contributed by atoms with Gasteiger partial charge in [0.1, 0.15) is 18.2 Å². The first-order valence-electron chi connectivity index (χ1n) is 14.3. The van der Waals surface area contributed by atoms with E-state index < -0.39 is 6.10 Å². The van der Waals surface area contributed by atoms with Crippen LogP contribution in [0.3, 0.4) is 0 Å². The molecule has 11 heteroatoms. The van der Waals surface area contributed by atoms with Gasteiger partial charge in [-0.15, -0.1) is 0 Å². The maximum Gasteiger partial charge on any atom is 0.251 e. The van der Waals surface area contributed by atoms with E-state index in [9.17, 15) is 14.7 Å². The zero-order valence-electron chi connectivity index (χ0n) is 23.4. The van der Waals surface area contributed by atoms with E-state index in [0.29, 0.717) is 36.7 Å². The van der Waals surface area contributed by atoms with Gasteiger partial charge in [0.2, 0.25) is 5.91 Å². The number of nitrogens with zero attached hydrogens (tertiary/aromatic N) is 4. The Morgan fingerprint density at radius 2 is 2.02 bits per heavy atom. The van der Waals surface area contributed by atoms with Crippen molar-refractivity contribution < 1.29 is 23.8 Å². The van der Waals surface area contributed by atoms with Crippen molar-refractivity contribution in [2.24, 2.45) is 0 Å². The van der Waals surface area contributed by atoms with Crippen molar-refractivity contribution >= 4 is 17.6 Å². The number of rotatable bonds is 11. The number of aliphatic hydroxyl groups excluding tert-OH is 1. The number of fused-ring (bicyclic) bond motifs is 1. The first-order chi connectivity index (χ1) is 20.0. The van der Waals surface area contributed by atoms with Crippen LogP contribution in [-0.2, 0) is 24.4 Å². The number of ether oxygens (including phenoxy) is 1. The number of anilines is 1. The van der Waals surface area contributed by atoms with Crippen LogP contribution < -0.4 is 15.4 Å². The van der Waals surface area contributed by atoms with Crippen molar-refractivity contribution in [3.8, 4) is 5.75 Å². The van der Waals surface area contributed by atoms with E-state index in [1.807, 2.05) is 17.9 Å². The fourth-order valence-electron chi connectivity index (χ4n) is 5.33. The molecular weight excluding hydrogens is 524 g/mol. The predicted molar refractivity (Wildman–Crippen MR) is 152 cm³/mol. The summed E-state index contributed by atoms with van der Waals surface area (Å²) in [5.41, 5.74) is 2.93. The number of oxazole rings is 1. The van der Waals surface area contributed by atoms with E-state index in [4.69, 9.17) is 9.15 Å². The number of nitrogens with one attached hydrogen (secondary N) is 2. The number of hydrogen-bond acceptors (Lipinski definition) is 9. The Morgan fingerprint density at radius 1 is 1.17 bits per heavy atom. The smallest absolute Gasteiger partial charge is 0.251 e. The van der Waals surface area contributed by atoms with E-state index in [0.717, 1.165) is 51.2 Å². The predicted octanol–water partition coefficient (Wildman–Crippen LogP) is 2.61. The van der Waals surface area contributed by atoms with Gasteiger partial charge in [-0.2, -0.15) is 0 Å². The molecule has 218 valence electrons. The minimum Gasteiger partial charge on any atom is -0.486 e. The van der Waals surface area contributed by atoms with Gasteiger partial charge in [0.05, 0.1) is 12.3 Å². The van der Waals surface area contributed by atoms with Gasteiger partial charge in [-0.1, -0.05) is 13.0 Å². The molecule has 2 aliphatic rings. The summed E-state index contributed by atoms with van der Waals surface area (Å²) in [6.07, 6.45) is 7.01. The van der Waals surface area contributed by atoms with Gasteiger partial charge in [0.25, 0.3) is 5.91 Å². The van der Waals surface area contributed by atoms with E-state index >= 15 is 0 Å². The number of carbonyl (C=O) groups excluding carboxylic acids is 2. The maximum atomic E-state index is 12.8. The Labute approximate surface area is 239 Å². The second kappa shape index (κ2) is 13.6. The van der Waals surface area contributed by atoms with Crippen LogP contribution in [-0.4, -0.2) is 81.6 Å². The van der Waals surface area contributed by atoms with Crippen LogP contribution in [0.5, 0.6) is 5.75 Å². The normalized spacial score (nSPS) is 16.6. The number of piperidine rings is 1. The van der Waals surface area contributed by atoms with Crippen LogP contribution in [0, 0.1) is 0 Å². The largest absolute Gasteiger partial charge is 0.486 e. The molecule has 0 bridgehead atoms. The van der Waals surface area contributed by atoms with Crippen LogP contribution in [0.4, 0.5) is 5.82 Å². The Bertz CT molecular complexity index is 1310. The molecule has 0 spiro atoms. The third-order valence-corrected chi connectivity index (χ3v) is 7.63. The number of pyridine rings is 1. The molecule has 1 atom stereocenters. The van der Waals surface area contributed by atoms with Gasteiger partial charge in [0, 0.05) is 63.5 Å². The van der Waals surface area contributed by atoms with Crippen LogP contribution in [0.25, 0.3) is 0 Å². The van der Waals surface area contributed by atoms with Crippen molar-refractivity contribution in [1.29, 1.82) is 0 Å². The third-order valence-electron chi connectivity index (χ3n) is 7.63. The lowest BCUT2D eigenvalue weighted by Crippen LogP contribution is -2.42. The van der Waals surface area contributed by atoms with Crippen LogP contribution in [0.15, 0.2) is 53.5 Å². The first-order valence-corrected chi connectivity index (χ1v) is 14.3. The van der Waals surface area contributed by atoms with Gasteiger partial charge in [-0.3, -0.25) is 14.5 Å². The van der Waals surface area contributed by atoms with Gasteiger partial charge in [-0.05, 0) is 54.7 Å². The lowest BCUT2D eigenvalue weighted by Gasteiger charge is -2.32. The summed E-state index contributed by atoms with van der Waals surface area (Å²) in [6, 6.07) is 9.68. The van der Waals surface area contributed by atoms with E-state index in [1.165, 1.54) is 17.5 Å². The summed E-state index contributed by atoms with van der Waals surface area (Å²) >= 11 is 0. The molecule has 2 amide bonds. The number of β-amino-alcohol motifs (C(OH)–C–C–N with tert-alkyl or cyclic N) is 1. The second-order valence-corrected chi connectivity index (χ2v) is 10.6. The summed E-state index contributed by atoms with van der Waals surface area (Å²) in [5.74, 6) is 2.04. The minimum absolute atomic E-state index is 0.158. The minimum atomic E-state index is -0.694. The molecule has 3 N–H and O–H groups in total. The lowest BCUT2D eigenvalue weighted by atomic mass is 9.99. The highest BCUT2D eigenvalue weighted by Gasteiger charge is 2.23. The third kappa shape index (κ3) is 7.83. The zero-order valence-corrected chi connectivity index (χ0v) is 23.4. The van der Waals surface area contributed by atoms with E-state index in [1.54, 1.807) is 24.5 Å². The summed E-state index contributed by atoms with van der Waals surface area (Å²) in [5, 5.41) is 16.9. The Morgan fingerprint density at radius 3 is 2.80 bits per heavy atom. The molecule has 11 nitrogen and oxygen atoms in total. The van der Waals surface area contributed by atoms with Crippen LogP contribution >= 0.6 is 0 Å². The lowest BCUT2D eigenvalue weighted by molar-refractivity contribution is -0.131. The summed E-state index contributed by atoms with van der Waals surface area (Å²) in [7, 11) is 0. The highest BCUT2D eigenvalue weighted by molar-refractivity contribution is 5.94. The summed E-state index contributed by atoms with van der Waals surface area (Å²) in [4.78, 5) is 37.1. The van der Waals surface area contributed by atoms with Crippen molar-refractivity contribution in [1.82, 2.24) is 25.1 Å². The van der Waals surface area contributed by atoms with Crippen molar-refractivity contribution in [2.45, 2.75) is 57.9 Å². The molecule has 1 aromatic carbocycles. The van der Waals surface area contributed by atoms with E-state index in [-0.39, 0.29) is 24.4 Å². The van der Waals surface area contributed by atoms with Gasteiger partial charge in [-0.25, -0.2) is 9.97 Å². The van der Waals surface area contributed by atoms with Crippen LogP contribution in [0.1, 0.15) is 53.4 Å². The molecule has 0 saturated carbocycles. The highest BCUT2D eigenvalue weighted by atomic mass is 16.5. The van der Waals surface area contributed by atoms with Gasteiger partial charge in [0.15, 0.2) is 12.2 Å². The van der Waals surface area contributed by atoms with Crippen LogP contribution in [0.2, 0.25) is 0 Å². The number of aliphatic hydroxyl groups is 1. The number of hydrogen-bond donors (Lipinski definition) is 3. The van der Waals surface area contributed by atoms with Gasteiger partial charge < -0.3 is 29.8 Å². The molecule has 2 aromatic heterocycles. The molecule has 1 fully saturated rings. The average Bonchev–Trinajstić information content (AvgIpc) is 3.53. The number of amides is 2. The molecule has 2 aliphatic heterocycles. The Kier molecular flexibility index (Phi) is 9.48. The summed E-state index contributed by atoms with van der Waals surface area (Å²) < 4.78 is 11.0. The monoisotopic (exact) mass is 562 g/mol. The molecular formula is C30H38N6O5. The summed E-state index contributed by atoms with van der Waals surface area (Å²) in [6.45, 7) is 5.84. The Balaban J connectivity index is 1.05. The molecule has 0 unspecified atom stereocenters. The second-order valence-electron chi connectivity index (χ2n) is 10.6. The topological polar surface area (TPSA) is 133 Å². The van der Waals surface area contributed by atoms with E-state index in [2.05, 4.69) is 37.6 Å². The molecule has 0 radical (unpaired) electrons.